The SMILES string of the molecule is CCCSc1ccc([C@@H](C)N)cc1Cl. The van der Waals surface area contributed by atoms with Crippen molar-refractivity contribution in [2.45, 2.75) is 31.2 Å². The van der Waals surface area contributed by atoms with Crippen LogP contribution in [0.4, 0.5) is 0 Å². The molecule has 0 fully saturated rings. The van der Waals surface area contributed by atoms with Crippen molar-refractivity contribution >= 4 is 23.4 Å². The number of rotatable bonds is 4. The molecule has 2 N–H and O–H groups in total. The van der Waals surface area contributed by atoms with Crippen molar-refractivity contribution < 1.29 is 0 Å². The molecule has 1 aromatic carbocycles. The van der Waals surface area contributed by atoms with Gasteiger partial charge in [-0.1, -0.05) is 24.6 Å². The Bertz CT molecular complexity index is 299. The molecule has 78 valence electrons. The molecular weight excluding hydrogens is 214 g/mol. The largest absolute Gasteiger partial charge is 0.324 e. The third-order valence-electron chi connectivity index (χ3n) is 1.94. The van der Waals surface area contributed by atoms with Crippen molar-refractivity contribution in [1.29, 1.82) is 0 Å². The molecule has 0 bridgehead atoms. The highest BCUT2D eigenvalue weighted by atomic mass is 35.5. The molecule has 0 aliphatic rings. The molecule has 14 heavy (non-hydrogen) atoms. The van der Waals surface area contributed by atoms with Crippen LogP contribution in [-0.2, 0) is 0 Å². The van der Waals surface area contributed by atoms with Crippen LogP contribution in [0, 0.1) is 0 Å². The monoisotopic (exact) mass is 229 g/mol. The van der Waals surface area contributed by atoms with Gasteiger partial charge >= 0.3 is 0 Å². The van der Waals surface area contributed by atoms with Crippen molar-refractivity contribution in [1.82, 2.24) is 0 Å². The summed E-state index contributed by atoms with van der Waals surface area (Å²) in [7, 11) is 0. The first-order valence-corrected chi connectivity index (χ1v) is 6.19. The van der Waals surface area contributed by atoms with E-state index in [4.69, 9.17) is 17.3 Å². The Morgan fingerprint density at radius 2 is 2.21 bits per heavy atom. The average Bonchev–Trinajstić information content (AvgIpc) is 2.15. The number of hydrogen-bond donors (Lipinski definition) is 1. The van der Waals surface area contributed by atoms with Crippen molar-refractivity contribution in [2.75, 3.05) is 5.75 Å². The minimum atomic E-state index is 0.0534. The number of thioether (sulfide) groups is 1. The van der Waals surface area contributed by atoms with E-state index < -0.39 is 0 Å². The van der Waals surface area contributed by atoms with Crippen LogP contribution >= 0.6 is 23.4 Å². The molecule has 1 rings (SSSR count). The van der Waals surface area contributed by atoms with Crippen LogP contribution in [0.3, 0.4) is 0 Å². The molecule has 0 saturated carbocycles. The molecule has 0 aromatic heterocycles. The zero-order valence-corrected chi connectivity index (χ0v) is 10.2. The van der Waals surface area contributed by atoms with Crippen LogP contribution in [0.5, 0.6) is 0 Å². The summed E-state index contributed by atoms with van der Waals surface area (Å²) in [5.41, 5.74) is 6.86. The van der Waals surface area contributed by atoms with E-state index in [0.717, 1.165) is 27.7 Å². The van der Waals surface area contributed by atoms with Gasteiger partial charge in [-0.2, -0.15) is 0 Å². The Hall–Kier alpha value is -0.180. The second kappa shape index (κ2) is 5.64. The van der Waals surface area contributed by atoms with Gasteiger partial charge in [-0.25, -0.2) is 0 Å². The Kier molecular flexibility index (Phi) is 4.79. The highest BCUT2D eigenvalue weighted by Gasteiger charge is 2.04. The summed E-state index contributed by atoms with van der Waals surface area (Å²) in [6, 6.07) is 6.12. The van der Waals surface area contributed by atoms with Crippen molar-refractivity contribution in [2.24, 2.45) is 5.73 Å². The highest BCUT2D eigenvalue weighted by molar-refractivity contribution is 7.99. The van der Waals surface area contributed by atoms with E-state index in [1.807, 2.05) is 13.0 Å². The van der Waals surface area contributed by atoms with Crippen molar-refractivity contribution in [3.63, 3.8) is 0 Å². The maximum atomic E-state index is 6.13. The summed E-state index contributed by atoms with van der Waals surface area (Å²) in [6.45, 7) is 4.13. The van der Waals surface area contributed by atoms with Crippen molar-refractivity contribution in [3.05, 3.63) is 28.8 Å². The molecule has 1 atom stereocenters. The molecule has 0 unspecified atom stereocenters. The minimum Gasteiger partial charge on any atom is -0.324 e. The fourth-order valence-corrected chi connectivity index (χ4v) is 2.27. The van der Waals surface area contributed by atoms with Gasteiger partial charge in [0.05, 0.1) is 5.02 Å². The van der Waals surface area contributed by atoms with E-state index in [0.29, 0.717) is 0 Å². The van der Waals surface area contributed by atoms with Crippen LogP contribution in [0.2, 0.25) is 5.02 Å². The van der Waals surface area contributed by atoms with Gasteiger partial charge in [-0.05, 0) is 36.8 Å². The van der Waals surface area contributed by atoms with Gasteiger partial charge in [-0.3, -0.25) is 0 Å². The lowest BCUT2D eigenvalue weighted by Gasteiger charge is -2.08. The van der Waals surface area contributed by atoms with Gasteiger partial charge in [0.2, 0.25) is 0 Å². The number of hydrogen-bond acceptors (Lipinski definition) is 2. The Morgan fingerprint density at radius 1 is 1.50 bits per heavy atom. The molecule has 0 aliphatic carbocycles. The summed E-state index contributed by atoms with van der Waals surface area (Å²) < 4.78 is 0. The van der Waals surface area contributed by atoms with E-state index in [9.17, 15) is 0 Å². The number of halogens is 1. The molecule has 1 nitrogen and oxygen atoms in total. The third kappa shape index (κ3) is 3.19. The first kappa shape index (κ1) is 11.9. The second-order valence-corrected chi connectivity index (χ2v) is 4.87. The molecule has 0 heterocycles. The van der Waals surface area contributed by atoms with Gasteiger partial charge in [0.15, 0.2) is 0 Å². The van der Waals surface area contributed by atoms with E-state index in [2.05, 4.69) is 19.1 Å². The normalized spacial score (nSPS) is 12.9. The van der Waals surface area contributed by atoms with Crippen molar-refractivity contribution in [3.8, 4) is 0 Å². The Balaban J connectivity index is 2.79. The quantitative estimate of drug-likeness (QED) is 0.794. The molecule has 3 heteroatoms. The summed E-state index contributed by atoms with van der Waals surface area (Å²) in [4.78, 5) is 1.15. The van der Waals surface area contributed by atoms with Gasteiger partial charge in [0, 0.05) is 10.9 Å². The van der Waals surface area contributed by atoms with E-state index in [1.165, 1.54) is 0 Å². The van der Waals surface area contributed by atoms with Gasteiger partial charge < -0.3 is 5.73 Å². The smallest absolute Gasteiger partial charge is 0.0545 e. The lowest BCUT2D eigenvalue weighted by atomic mass is 10.1. The first-order chi connectivity index (χ1) is 6.65. The summed E-state index contributed by atoms with van der Waals surface area (Å²) in [5, 5.41) is 0.818. The van der Waals surface area contributed by atoms with E-state index in [1.54, 1.807) is 11.8 Å². The fraction of sp³-hybridized carbons (Fsp3) is 0.455. The molecule has 0 amide bonds. The molecule has 0 spiro atoms. The Labute approximate surface area is 95.0 Å². The van der Waals surface area contributed by atoms with Gasteiger partial charge in [-0.15, -0.1) is 11.8 Å². The predicted octanol–water partition coefficient (Wildman–Crippen LogP) is 3.86. The summed E-state index contributed by atoms with van der Waals surface area (Å²) >= 11 is 7.93. The predicted molar refractivity (Wildman–Crippen MR) is 65.1 cm³/mol. The zero-order valence-electron chi connectivity index (χ0n) is 8.59. The standard InChI is InChI=1S/C11H16ClNS/c1-3-6-14-11-5-4-9(8(2)13)7-10(11)12/h4-5,7-8H,3,6,13H2,1-2H3/t8-/m1/s1. The Morgan fingerprint density at radius 3 is 2.71 bits per heavy atom. The minimum absolute atomic E-state index is 0.0534. The van der Waals surface area contributed by atoms with Crippen LogP contribution in [0.15, 0.2) is 23.1 Å². The van der Waals surface area contributed by atoms with Crippen LogP contribution in [0.25, 0.3) is 0 Å². The lowest BCUT2D eigenvalue weighted by molar-refractivity contribution is 0.817. The maximum Gasteiger partial charge on any atom is 0.0545 e. The van der Waals surface area contributed by atoms with Gasteiger partial charge in [0.1, 0.15) is 0 Å². The number of nitrogens with two attached hydrogens (primary N) is 1. The van der Waals surface area contributed by atoms with Crippen LogP contribution < -0.4 is 5.73 Å². The number of benzene rings is 1. The first-order valence-electron chi connectivity index (χ1n) is 4.83. The zero-order chi connectivity index (χ0) is 10.6. The molecule has 0 saturated heterocycles. The fourth-order valence-electron chi connectivity index (χ4n) is 1.13. The second-order valence-electron chi connectivity index (χ2n) is 3.33. The average molecular weight is 230 g/mol. The third-order valence-corrected chi connectivity index (χ3v) is 3.65. The van der Waals surface area contributed by atoms with E-state index >= 15 is 0 Å². The van der Waals surface area contributed by atoms with Crippen LogP contribution in [-0.4, -0.2) is 5.75 Å². The van der Waals surface area contributed by atoms with Crippen LogP contribution in [0.1, 0.15) is 31.9 Å². The molecular formula is C11H16ClNS. The summed E-state index contributed by atoms with van der Waals surface area (Å²) in [6.07, 6.45) is 1.16. The summed E-state index contributed by atoms with van der Waals surface area (Å²) in [5.74, 6) is 1.11. The maximum absolute atomic E-state index is 6.13. The highest BCUT2D eigenvalue weighted by Crippen LogP contribution is 2.29. The molecule has 1 aromatic rings. The topological polar surface area (TPSA) is 26.0 Å². The lowest BCUT2D eigenvalue weighted by Crippen LogP contribution is -2.04. The van der Waals surface area contributed by atoms with E-state index in [-0.39, 0.29) is 6.04 Å². The van der Waals surface area contributed by atoms with Gasteiger partial charge in [0.25, 0.3) is 0 Å². The molecule has 0 radical (unpaired) electrons. The molecule has 0 aliphatic heterocycles.